The van der Waals surface area contributed by atoms with Gasteiger partial charge < -0.3 is 5.32 Å². The Labute approximate surface area is 199 Å². The molecule has 0 aliphatic carbocycles. The molecule has 2 aromatic carbocycles. The first-order valence-electron chi connectivity index (χ1n) is 11.2. The number of carbonyl (C=O) groups excluding carboxylic acids is 3. The molecule has 4 atom stereocenters. The minimum Gasteiger partial charge on any atom is -0.324 e. The zero-order valence-electron chi connectivity index (χ0n) is 18.5. The van der Waals surface area contributed by atoms with Crippen LogP contribution in [0.25, 0.3) is 0 Å². The molecule has 2 aromatic rings. The molecule has 4 aliphatic rings. The predicted molar refractivity (Wildman–Crippen MR) is 124 cm³/mol. The maximum absolute atomic E-state index is 14.0. The van der Waals surface area contributed by atoms with Gasteiger partial charge in [0.1, 0.15) is 5.54 Å². The van der Waals surface area contributed by atoms with Crippen molar-refractivity contribution in [1.82, 2.24) is 4.90 Å². The summed E-state index contributed by atoms with van der Waals surface area (Å²) in [4.78, 5) is 55.4. The SMILES string of the molecule is Cc1cc([N+](=O)[O-])ccc1N1C(=O)[C@H]2[C@@H](C1=O)[C@@]1(C(=O)Nc3c(C)cc(Cl)cc31)N1CCC[C@@H]21. The molecule has 0 radical (unpaired) electrons. The molecule has 10 heteroatoms. The van der Waals surface area contributed by atoms with Crippen molar-refractivity contribution < 1.29 is 19.3 Å². The van der Waals surface area contributed by atoms with Gasteiger partial charge in [-0.15, -0.1) is 0 Å². The second-order valence-corrected chi connectivity index (χ2v) is 9.95. The number of rotatable bonds is 2. The molecular formula is C24H21ClN4O5. The molecule has 4 heterocycles. The molecule has 0 saturated carbocycles. The summed E-state index contributed by atoms with van der Waals surface area (Å²) < 4.78 is 0. The third-order valence-corrected chi connectivity index (χ3v) is 8.11. The number of nitrogens with zero attached hydrogens (tertiary/aromatic N) is 3. The standard InChI is InChI=1S/C24H21ClN4O5/c1-11-9-14(29(33)34)5-6-16(11)28-21(30)18-17-4-3-7-27(17)24(19(18)22(28)31)15-10-13(25)8-12(2)20(15)26-23(24)32/h5-6,8-10,17-19H,3-4,7H2,1-2H3,(H,26,32)/t17-,18+,19-,24-/m0/s1. The highest BCUT2D eigenvalue weighted by atomic mass is 35.5. The van der Waals surface area contributed by atoms with E-state index in [1.807, 2.05) is 11.8 Å². The lowest BCUT2D eigenvalue weighted by atomic mass is 9.75. The van der Waals surface area contributed by atoms with Crippen LogP contribution in [0.5, 0.6) is 0 Å². The largest absolute Gasteiger partial charge is 0.324 e. The molecule has 0 unspecified atom stereocenters. The summed E-state index contributed by atoms with van der Waals surface area (Å²) >= 11 is 6.40. The normalized spacial score (nSPS) is 29.6. The quantitative estimate of drug-likeness (QED) is 0.401. The van der Waals surface area contributed by atoms with Crippen molar-refractivity contribution in [3.05, 3.63) is 62.2 Å². The molecule has 3 saturated heterocycles. The lowest BCUT2D eigenvalue weighted by Crippen LogP contribution is -2.54. The number of carbonyl (C=O) groups is 3. The van der Waals surface area contributed by atoms with Gasteiger partial charge in [-0.3, -0.25) is 29.4 Å². The summed E-state index contributed by atoms with van der Waals surface area (Å²) in [6.07, 6.45) is 1.52. The number of hydrogen-bond donors (Lipinski definition) is 1. The summed E-state index contributed by atoms with van der Waals surface area (Å²) in [5, 5.41) is 14.6. The van der Waals surface area contributed by atoms with Crippen LogP contribution < -0.4 is 10.2 Å². The molecule has 6 rings (SSSR count). The average molecular weight is 481 g/mol. The fraction of sp³-hybridized carbons (Fsp3) is 0.375. The Morgan fingerprint density at radius 1 is 1.12 bits per heavy atom. The van der Waals surface area contributed by atoms with Crippen molar-refractivity contribution in [1.29, 1.82) is 0 Å². The maximum Gasteiger partial charge on any atom is 0.269 e. The van der Waals surface area contributed by atoms with Crippen LogP contribution in [0.15, 0.2) is 30.3 Å². The smallest absolute Gasteiger partial charge is 0.269 e. The van der Waals surface area contributed by atoms with Crippen molar-refractivity contribution in [2.45, 2.75) is 38.3 Å². The first-order chi connectivity index (χ1) is 16.2. The molecule has 9 nitrogen and oxygen atoms in total. The van der Waals surface area contributed by atoms with Crippen LogP contribution in [0.1, 0.15) is 29.5 Å². The van der Waals surface area contributed by atoms with E-state index in [9.17, 15) is 24.5 Å². The lowest BCUT2D eigenvalue weighted by Gasteiger charge is -2.36. The molecular weight excluding hydrogens is 460 g/mol. The Balaban J connectivity index is 1.54. The highest BCUT2D eigenvalue weighted by molar-refractivity contribution is 6.31. The highest BCUT2D eigenvalue weighted by Crippen LogP contribution is 2.61. The fourth-order valence-electron chi connectivity index (χ4n) is 6.68. The van der Waals surface area contributed by atoms with Gasteiger partial charge >= 0.3 is 0 Å². The fourth-order valence-corrected chi connectivity index (χ4v) is 6.95. The summed E-state index contributed by atoms with van der Waals surface area (Å²) in [7, 11) is 0. The number of non-ortho nitro benzene ring substituents is 1. The van der Waals surface area contributed by atoms with Crippen LogP contribution in [0.3, 0.4) is 0 Å². The van der Waals surface area contributed by atoms with Crippen LogP contribution in [0.2, 0.25) is 5.02 Å². The van der Waals surface area contributed by atoms with Crippen molar-refractivity contribution in [3.63, 3.8) is 0 Å². The number of aryl methyl sites for hydroxylation is 2. The number of fused-ring (bicyclic) bond motifs is 7. The topological polar surface area (TPSA) is 113 Å². The van der Waals surface area contributed by atoms with E-state index in [4.69, 9.17) is 11.6 Å². The lowest BCUT2D eigenvalue weighted by molar-refractivity contribution is -0.384. The number of nitrogens with one attached hydrogen (secondary N) is 1. The number of nitro groups is 1. The van der Waals surface area contributed by atoms with Crippen LogP contribution in [-0.4, -0.2) is 40.1 Å². The third-order valence-electron chi connectivity index (χ3n) is 7.90. The second kappa shape index (κ2) is 6.86. The Bertz CT molecular complexity index is 1340. The molecule has 34 heavy (non-hydrogen) atoms. The van der Waals surface area contributed by atoms with E-state index in [1.165, 1.54) is 18.2 Å². The monoisotopic (exact) mass is 480 g/mol. The summed E-state index contributed by atoms with van der Waals surface area (Å²) in [6, 6.07) is 7.32. The number of anilines is 2. The van der Waals surface area contributed by atoms with Gasteiger partial charge in [0.25, 0.3) is 5.69 Å². The van der Waals surface area contributed by atoms with Gasteiger partial charge in [0.15, 0.2) is 0 Å². The zero-order chi connectivity index (χ0) is 24.1. The van der Waals surface area contributed by atoms with Crippen molar-refractivity contribution >= 4 is 46.4 Å². The Morgan fingerprint density at radius 2 is 1.88 bits per heavy atom. The number of imide groups is 1. The van der Waals surface area contributed by atoms with Gasteiger partial charge in [0, 0.05) is 34.4 Å². The van der Waals surface area contributed by atoms with Crippen LogP contribution in [-0.2, 0) is 19.9 Å². The second-order valence-electron chi connectivity index (χ2n) is 9.51. The minimum atomic E-state index is -1.31. The first kappa shape index (κ1) is 21.2. The van der Waals surface area contributed by atoms with E-state index in [-0.39, 0.29) is 23.5 Å². The first-order valence-corrected chi connectivity index (χ1v) is 11.6. The maximum atomic E-state index is 14.0. The molecule has 3 amide bonds. The molecule has 0 aromatic heterocycles. The third kappa shape index (κ3) is 2.40. The van der Waals surface area contributed by atoms with Crippen molar-refractivity contribution in [2.24, 2.45) is 11.8 Å². The number of halogens is 1. The van der Waals surface area contributed by atoms with E-state index in [1.54, 1.807) is 19.1 Å². The molecule has 3 fully saturated rings. The number of nitro benzene ring substituents is 1. The van der Waals surface area contributed by atoms with E-state index in [2.05, 4.69) is 5.32 Å². The van der Waals surface area contributed by atoms with E-state index in [0.717, 1.165) is 16.9 Å². The predicted octanol–water partition coefficient (Wildman–Crippen LogP) is 3.30. The number of amides is 3. The minimum absolute atomic E-state index is 0.117. The summed E-state index contributed by atoms with van der Waals surface area (Å²) in [5.41, 5.74) is 1.42. The van der Waals surface area contributed by atoms with Gasteiger partial charge in [0.2, 0.25) is 17.7 Å². The van der Waals surface area contributed by atoms with E-state index in [0.29, 0.717) is 40.5 Å². The number of benzene rings is 2. The average Bonchev–Trinajstić information content (AvgIpc) is 3.48. The van der Waals surface area contributed by atoms with Gasteiger partial charge in [-0.2, -0.15) is 0 Å². The molecule has 0 bridgehead atoms. The Morgan fingerprint density at radius 3 is 2.59 bits per heavy atom. The zero-order valence-corrected chi connectivity index (χ0v) is 19.3. The summed E-state index contributed by atoms with van der Waals surface area (Å²) in [6.45, 7) is 4.09. The molecule has 4 aliphatic heterocycles. The van der Waals surface area contributed by atoms with Crippen LogP contribution in [0.4, 0.5) is 17.1 Å². The Kier molecular flexibility index (Phi) is 4.29. The molecule has 174 valence electrons. The van der Waals surface area contributed by atoms with E-state index < -0.39 is 28.2 Å². The van der Waals surface area contributed by atoms with Gasteiger partial charge in [-0.25, -0.2) is 4.90 Å². The number of hydrogen-bond acceptors (Lipinski definition) is 6. The molecule has 1 N–H and O–H groups in total. The van der Waals surface area contributed by atoms with Gasteiger partial charge in [0.05, 0.1) is 22.4 Å². The van der Waals surface area contributed by atoms with Crippen molar-refractivity contribution in [2.75, 3.05) is 16.8 Å². The summed E-state index contributed by atoms with van der Waals surface area (Å²) in [5.74, 6) is -2.71. The van der Waals surface area contributed by atoms with E-state index >= 15 is 0 Å². The van der Waals surface area contributed by atoms with Crippen LogP contribution in [0, 0.1) is 35.8 Å². The molecule has 1 spiro atoms. The van der Waals surface area contributed by atoms with Gasteiger partial charge in [-0.1, -0.05) is 11.6 Å². The van der Waals surface area contributed by atoms with Crippen molar-refractivity contribution in [3.8, 4) is 0 Å². The van der Waals surface area contributed by atoms with Crippen LogP contribution >= 0.6 is 11.6 Å². The Hall–Kier alpha value is -3.30. The van der Waals surface area contributed by atoms with Gasteiger partial charge in [-0.05, 0) is 62.6 Å². The highest BCUT2D eigenvalue weighted by Gasteiger charge is 2.74.